The molecule has 2 aromatic carbocycles. The third-order valence-electron chi connectivity index (χ3n) is 3.85. The minimum Gasteiger partial charge on any atom is -0.481 e. The standard InChI is InChI=1S/C19H17NO3/c21-17(8-9-19(22)23)13-20-11-10-15-6-7-16(12-18(15)20)14-4-2-1-3-5-14/h1-7,10-12H,8-9,13H2,(H,22,23). The van der Waals surface area contributed by atoms with Crippen LogP contribution in [0.15, 0.2) is 60.8 Å². The summed E-state index contributed by atoms with van der Waals surface area (Å²) in [5, 5.41) is 9.73. The summed E-state index contributed by atoms with van der Waals surface area (Å²) in [4.78, 5) is 22.5. The zero-order chi connectivity index (χ0) is 16.2. The molecule has 0 atom stereocenters. The Morgan fingerprint density at radius 3 is 2.43 bits per heavy atom. The van der Waals surface area contributed by atoms with E-state index in [1.54, 1.807) is 0 Å². The average molecular weight is 307 g/mol. The maximum Gasteiger partial charge on any atom is 0.303 e. The molecule has 3 aromatic rings. The van der Waals surface area contributed by atoms with Gasteiger partial charge in [-0.3, -0.25) is 9.59 Å². The third-order valence-corrected chi connectivity index (χ3v) is 3.85. The number of rotatable bonds is 6. The summed E-state index contributed by atoms with van der Waals surface area (Å²) >= 11 is 0. The van der Waals surface area contributed by atoms with Gasteiger partial charge in [-0.1, -0.05) is 42.5 Å². The Bertz CT molecular complexity index is 849. The molecule has 1 heterocycles. The second-order valence-electron chi connectivity index (χ2n) is 5.52. The number of aliphatic carboxylic acids is 1. The minimum atomic E-state index is -0.943. The van der Waals surface area contributed by atoms with Crippen molar-refractivity contribution in [1.29, 1.82) is 0 Å². The SMILES string of the molecule is O=C(O)CCC(=O)Cn1ccc2ccc(-c3ccccc3)cc21. The highest BCUT2D eigenvalue weighted by atomic mass is 16.4. The smallest absolute Gasteiger partial charge is 0.303 e. The van der Waals surface area contributed by atoms with Crippen molar-refractivity contribution in [2.75, 3.05) is 0 Å². The van der Waals surface area contributed by atoms with E-state index in [4.69, 9.17) is 5.11 Å². The molecule has 0 fully saturated rings. The van der Waals surface area contributed by atoms with Gasteiger partial charge < -0.3 is 9.67 Å². The lowest BCUT2D eigenvalue weighted by Crippen LogP contribution is -2.10. The highest BCUT2D eigenvalue weighted by Crippen LogP contribution is 2.25. The number of hydrogen-bond acceptors (Lipinski definition) is 2. The van der Waals surface area contributed by atoms with Gasteiger partial charge in [0.25, 0.3) is 0 Å². The molecule has 23 heavy (non-hydrogen) atoms. The van der Waals surface area contributed by atoms with Crippen molar-refractivity contribution in [3.63, 3.8) is 0 Å². The summed E-state index contributed by atoms with van der Waals surface area (Å²) in [7, 11) is 0. The number of benzene rings is 2. The first-order valence-electron chi connectivity index (χ1n) is 7.51. The van der Waals surface area contributed by atoms with E-state index in [1.165, 1.54) is 0 Å². The second kappa shape index (κ2) is 6.48. The predicted molar refractivity (Wildman–Crippen MR) is 89.3 cm³/mol. The van der Waals surface area contributed by atoms with Gasteiger partial charge in [-0.05, 0) is 28.6 Å². The van der Waals surface area contributed by atoms with E-state index < -0.39 is 5.97 Å². The zero-order valence-corrected chi connectivity index (χ0v) is 12.6. The Balaban J connectivity index is 1.87. The Hall–Kier alpha value is -2.88. The van der Waals surface area contributed by atoms with E-state index in [1.807, 2.05) is 53.2 Å². The molecular formula is C19H17NO3. The topological polar surface area (TPSA) is 59.3 Å². The van der Waals surface area contributed by atoms with E-state index in [2.05, 4.69) is 12.1 Å². The fraction of sp³-hybridized carbons (Fsp3) is 0.158. The zero-order valence-electron chi connectivity index (χ0n) is 12.6. The normalized spacial score (nSPS) is 10.8. The van der Waals surface area contributed by atoms with Crippen LogP contribution in [0.2, 0.25) is 0 Å². The lowest BCUT2D eigenvalue weighted by atomic mass is 10.0. The van der Waals surface area contributed by atoms with E-state index >= 15 is 0 Å². The molecule has 0 saturated heterocycles. The molecular weight excluding hydrogens is 290 g/mol. The van der Waals surface area contributed by atoms with Crippen molar-refractivity contribution >= 4 is 22.7 Å². The maximum atomic E-state index is 11.9. The van der Waals surface area contributed by atoms with Crippen molar-refractivity contribution in [3.8, 4) is 11.1 Å². The van der Waals surface area contributed by atoms with Crippen LogP contribution in [0.25, 0.3) is 22.0 Å². The lowest BCUT2D eigenvalue weighted by molar-refractivity contribution is -0.138. The predicted octanol–water partition coefficient (Wildman–Crippen LogP) is 3.74. The summed E-state index contributed by atoms with van der Waals surface area (Å²) in [6.07, 6.45) is 1.82. The molecule has 4 nitrogen and oxygen atoms in total. The van der Waals surface area contributed by atoms with Gasteiger partial charge >= 0.3 is 5.97 Å². The van der Waals surface area contributed by atoms with Crippen molar-refractivity contribution in [3.05, 3.63) is 60.8 Å². The van der Waals surface area contributed by atoms with Crippen LogP contribution in [-0.4, -0.2) is 21.4 Å². The van der Waals surface area contributed by atoms with Crippen molar-refractivity contribution < 1.29 is 14.7 Å². The number of hydrogen-bond donors (Lipinski definition) is 1. The number of carboxylic acids is 1. The molecule has 0 aliphatic carbocycles. The van der Waals surface area contributed by atoms with Crippen molar-refractivity contribution in [1.82, 2.24) is 4.57 Å². The Labute approximate surface area is 134 Å². The summed E-state index contributed by atoms with van der Waals surface area (Å²) in [6, 6.07) is 18.2. The fourth-order valence-corrected chi connectivity index (χ4v) is 2.65. The quantitative estimate of drug-likeness (QED) is 0.754. The van der Waals surface area contributed by atoms with Crippen LogP contribution in [0.1, 0.15) is 12.8 Å². The van der Waals surface area contributed by atoms with E-state index in [0.29, 0.717) is 0 Å². The molecule has 0 unspecified atom stereocenters. The number of aromatic nitrogens is 1. The van der Waals surface area contributed by atoms with Gasteiger partial charge in [-0.25, -0.2) is 0 Å². The number of carbonyl (C=O) groups is 2. The summed E-state index contributed by atoms with van der Waals surface area (Å²) in [5.74, 6) is -1.02. The first-order valence-corrected chi connectivity index (χ1v) is 7.51. The van der Waals surface area contributed by atoms with Crippen LogP contribution in [0.4, 0.5) is 0 Å². The molecule has 3 rings (SSSR count). The van der Waals surface area contributed by atoms with Gasteiger partial charge in [-0.15, -0.1) is 0 Å². The van der Waals surface area contributed by atoms with E-state index in [-0.39, 0.29) is 25.2 Å². The highest BCUT2D eigenvalue weighted by molar-refractivity contribution is 5.88. The fourth-order valence-electron chi connectivity index (χ4n) is 2.65. The Kier molecular flexibility index (Phi) is 4.24. The lowest BCUT2D eigenvalue weighted by Gasteiger charge is -2.07. The number of nitrogens with zero attached hydrogens (tertiary/aromatic N) is 1. The van der Waals surface area contributed by atoms with Crippen LogP contribution < -0.4 is 0 Å². The molecule has 1 aromatic heterocycles. The monoisotopic (exact) mass is 307 g/mol. The number of Topliss-reactive ketones (excluding diaryl/α,β-unsaturated/α-hetero) is 1. The summed E-state index contributed by atoms with van der Waals surface area (Å²) in [6.45, 7) is 0.203. The molecule has 0 bridgehead atoms. The maximum absolute atomic E-state index is 11.9. The molecule has 0 amide bonds. The number of carboxylic acid groups (broad SMARTS) is 1. The van der Waals surface area contributed by atoms with Crippen molar-refractivity contribution in [2.24, 2.45) is 0 Å². The second-order valence-corrected chi connectivity index (χ2v) is 5.52. The molecule has 0 spiro atoms. The molecule has 4 heteroatoms. The molecule has 1 N–H and O–H groups in total. The average Bonchev–Trinajstić information content (AvgIpc) is 2.96. The van der Waals surface area contributed by atoms with Crippen LogP contribution >= 0.6 is 0 Å². The number of ketones is 1. The summed E-state index contributed by atoms with van der Waals surface area (Å²) in [5.41, 5.74) is 3.20. The van der Waals surface area contributed by atoms with Crippen LogP contribution in [0.5, 0.6) is 0 Å². The first kappa shape index (κ1) is 15.0. The summed E-state index contributed by atoms with van der Waals surface area (Å²) < 4.78 is 1.88. The van der Waals surface area contributed by atoms with Crippen LogP contribution in [0, 0.1) is 0 Å². The minimum absolute atomic E-state index is 0.0629. The third kappa shape index (κ3) is 3.48. The number of carbonyl (C=O) groups excluding carboxylic acids is 1. The largest absolute Gasteiger partial charge is 0.481 e. The molecule has 0 saturated carbocycles. The molecule has 0 radical (unpaired) electrons. The Morgan fingerprint density at radius 1 is 0.913 bits per heavy atom. The van der Waals surface area contributed by atoms with Crippen molar-refractivity contribution in [2.45, 2.75) is 19.4 Å². The van der Waals surface area contributed by atoms with Gasteiger partial charge in [-0.2, -0.15) is 0 Å². The number of fused-ring (bicyclic) bond motifs is 1. The van der Waals surface area contributed by atoms with E-state index in [0.717, 1.165) is 22.0 Å². The van der Waals surface area contributed by atoms with Gasteiger partial charge in [0.15, 0.2) is 5.78 Å². The van der Waals surface area contributed by atoms with Gasteiger partial charge in [0, 0.05) is 18.1 Å². The molecule has 116 valence electrons. The highest BCUT2D eigenvalue weighted by Gasteiger charge is 2.09. The van der Waals surface area contributed by atoms with Gasteiger partial charge in [0.05, 0.1) is 13.0 Å². The van der Waals surface area contributed by atoms with E-state index in [9.17, 15) is 9.59 Å². The molecule has 0 aliphatic rings. The van der Waals surface area contributed by atoms with Crippen LogP contribution in [0.3, 0.4) is 0 Å². The van der Waals surface area contributed by atoms with Gasteiger partial charge in [0.1, 0.15) is 0 Å². The van der Waals surface area contributed by atoms with Crippen LogP contribution in [-0.2, 0) is 16.1 Å². The van der Waals surface area contributed by atoms with Gasteiger partial charge in [0.2, 0.25) is 0 Å². The first-order chi connectivity index (χ1) is 11.1. The molecule has 0 aliphatic heterocycles. The Morgan fingerprint density at radius 2 is 1.70 bits per heavy atom.